The van der Waals surface area contributed by atoms with Crippen LogP contribution in [-0.2, 0) is 28.5 Å². The minimum Gasteiger partial charge on any atom is -0.480 e. The maximum atomic E-state index is 15.2. The Morgan fingerprint density at radius 1 is 1.02 bits per heavy atom. The number of nitrogens with zero attached hydrogens (tertiary/aromatic N) is 5. The second kappa shape index (κ2) is 18.3. The highest BCUT2D eigenvalue weighted by atomic mass is 19.1. The van der Waals surface area contributed by atoms with Crippen LogP contribution in [0.3, 0.4) is 0 Å². The van der Waals surface area contributed by atoms with E-state index in [1.165, 1.54) is 6.20 Å². The summed E-state index contributed by atoms with van der Waals surface area (Å²) >= 11 is 0. The molecule has 260 valence electrons. The Labute approximate surface area is 277 Å². The molecule has 0 saturated heterocycles. The van der Waals surface area contributed by atoms with Crippen LogP contribution in [0, 0.1) is 6.07 Å². The highest BCUT2D eigenvalue weighted by Gasteiger charge is 2.31. The summed E-state index contributed by atoms with van der Waals surface area (Å²) in [6.45, 7) is 4.87. The van der Waals surface area contributed by atoms with Crippen LogP contribution in [0.25, 0.3) is 21.7 Å². The molecule has 0 aliphatic heterocycles. The van der Waals surface area contributed by atoms with Gasteiger partial charge in [0.25, 0.3) is 13.0 Å². The third kappa shape index (κ3) is 11.5. The second-order valence-corrected chi connectivity index (χ2v) is 11.4. The van der Waals surface area contributed by atoms with Crippen LogP contribution in [0.15, 0.2) is 30.7 Å². The van der Waals surface area contributed by atoms with Crippen LogP contribution in [0.5, 0.6) is 0 Å². The van der Waals surface area contributed by atoms with Gasteiger partial charge in [-0.25, -0.2) is 19.2 Å². The van der Waals surface area contributed by atoms with E-state index < -0.39 is 23.6 Å². The van der Waals surface area contributed by atoms with Gasteiger partial charge in [-0.15, -0.1) is 0 Å². The minimum atomic E-state index is -1.49. The van der Waals surface area contributed by atoms with Gasteiger partial charge in [0.15, 0.2) is 11.5 Å². The first-order chi connectivity index (χ1) is 23.2. The van der Waals surface area contributed by atoms with Gasteiger partial charge in [-0.2, -0.15) is 9.78 Å². The lowest BCUT2D eigenvalue weighted by molar-refractivity contribution is -0.142. The molecule has 3 N–H and O–H groups in total. The van der Waals surface area contributed by atoms with Crippen molar-refractivity contribution in [2.24, 2.45) is 0 Å². The summed E-state index contributed by atoms with van der Waals surface area (Å²) in [5.41, 5.74) is 1.03. The average molecular weight is 673 g/mol. The Bertz CT molecular complexity index is 1570. The minimum absolute atomic E-state index is 0.157. The molecule has 3 aromatic heterocycles. The highest BCUT2D eigenvalue weighted by molar-refractivity contribution is 5.99. The topological polar surface area (TPSA) is 173 Å². The van der Waals surface area contributed by atoms with E-state index in [0.717, 1.165) is 23.8 Å². The van der Waals surface area contributed by atoms with Gasteiger partial charge in [0.1, 0.15) is 18.3 Å². The summed E-state index contributed by atoms with van der Waals surface area (Å²) in [5, 5.41) is 19.8. The molecule has 0 aromatic carbocycles. The normalized spacial score (nSPS) is 13.6. The van der Waals surface area contributed by atoms with E-state index in [2.05, 4.69) is 36.6 Å². The first-order valence-electron chi connectivity index (χ1n) is 15.7. The van der Waals surface area contributed by atoms with Gasteiger partial charge in [-0.1, -0.05) is 4.85 Å². The number of rotatable bonds is 22. The fourth-order valence-corrected chi connectivity index (χ4v) is 4.38. The summed E-state index contributed by atoms with van der Waals surface area (Å²) in [4.78, 5) is 36.4. The number of carbonyl (C=O) groups is 2. The Morgan fingerprint density at radius 3 is 2.33 bits per heavy atom. The molecule has 0 bridgehead atoms. The van der Waals surface area contributed by atoms with Crippen LogP contribution in [-0.4, -0.2) is 128 Å². The van der Waals surface area contributed by atoms with Crippen molar-refractivity contribution in [2.75, 3.05) is 78.4 Å². The molecule has 4 rings (SSSR count). The first-order valence-corrected chi connectivity index (χ1v) is 15.7. The maximum absolute atomic E-state index is 15.2. The number of alkyl halides is 1. The molecule has 48 heavy (non-hydrogen) atoms. The van der Waals surface area contributed by atoms with Crippen molar-refractivity contribution < 1.29 is 42.8 Å². The third-order valence-electron chi connectivity index (χ3n) is 7.18. The predicted molar refractivity (Wildman–Crippen MR) is 174 cm³/mol. The van der Waals surface area contributed by atoms with Gasteiger partial charge in [0, 0.05) is 23.7 Å². The fourth-order valence-electron chi connectivity index (χ4n) is 4.38. The molecule has 1 unspecified atom stereocenters. The van der Waals surface area contributed by atoms with Gasteiger partial charge < -0.3 is 39.4 Å². The van der Waals surface area contributed by atoms with E-state index in [9.17, 15) is 9.59 Å². The number of carbonyl (C=O) groups excluding carboxylic acids is 1. The summed E-state index contributed by atoms with van der Waals surface area (Å²) < 4.78 is 43.5. The summed E-state index contributed by atoms with van der Waals surface area (Å²) in [7, 11) is 1.64. The smallest absolute Gasteiger partial charge is 0.329 e. The Hall–Kier alpha value is -4.27. The SMILES string of the molecule is C[N+]#Cc1cnc2c(cnn2-c2cc(NC3CC3)c(C(=O)NCC(F)C(C)(C)OCCOCCOCCOCCOCC(=O)O)cn2)c1. The number of hydrogen-bond donors (Lipinski definition) is 3. The highest BCUT2D eigenvalue weighted by Crippen LogP contribution is 2.28. The van der Waals surface area contributed by atoms with Crippen LogP contribution < -0.4 is 10.6 Å². The fraction of sp³-hybridized carbons (Fsp3) is 0.562. The van der Waals surface area contributed by atoms with E-state index in [1.54, 1.807) is 44.0 Å². The first kappa shape index (κ1) is 36.6. The number of ether oxygens (including phenoxy) is 5. The second-order valence-electron chi connectivity index (χ2n) is 11.4. The van der Waals surface area contributed by atoms with E-state index >= 15 is 4.39 Å². The van der Waals surface area contributed by atoms with Crippen molar-refractivity contribution in [3.8, 4) is 11.9 Å². The van der Waals surface area contributed by atoms with Gasteiger partial charge in [-0.05, 0) is 32.8 Å². The molecule has 1 atom stereocenters. The number of amides is 1. The molecule has 1 amide bonds. The molecular formula is C32H43FN7O8+. The van der Waals surface area contributed by atoms with E-state index in [1.807, 2.05) is 6.07 Å². The number of pyridine rings is 2. The lowest BCUT2D eigenvalue weighted by Gasteiger charge is -2.29. The molecule has 0 spiro atoms. The number of carboxylic acid groups (broad SMARTS) is 1. The van der Waals surface area contributed by atoms with Crippen LogP contribution in [0.4, 0.5) is 10.1 Å². The monoisotopic (exact) mass is 672 g/mol. The zero-order valence-electron chi connectivity index (χ0n) is 27.4. The summed E-state index contributed by atoms with van der Waals surface area (Å²) in [5.74, 6) is -1.00. The molecule has 0 radical (unpaired) electrons. The van der Waals surface area contributed by atoms with Gasteiger partial charge in [0.05, 0.1) is 88.6 Å². The average Bonchev–Trinajstić information content (AvgIpc) is 3.78. The van der Waals surface area contributed by atoms with E-state index in [4.69, 9.17) is 28.8 Å². The summed E-state index contributed by atoms with van der Waals surface area (Å²) in [6.07, 6.45) is 5.27. The number of halogens is 1. The third-order valence-corrected chi connectivity index (χ3v) is 7.18. The maximum Gasteiger partial charge on any atom is 0.329 e. The zero-order chi connectivity index (χ0) is 34.4. The van der Waals surface area contributed by atoms with Crippen LogP contribution in [0.1, 0.15) is 42.6 Å². The van der Waals surface area contributed by atoms with Gasteiger partial charge >= 0.3 is 12.0 Å². The quantitative estimate of drug-likeness (QED) is 0.134. The molecule has 3 heterocycles. The van der Waals surface area contributed by atoms with Crippen molar-refractivity contribution >= 4 is 28.6 Å². The lowest BCUT2D eigenvalue weighted by atomic mass is 10.0. The number of carboxylic acids is 1. The van der Waals surface area contributed by atoms with Gasteiger partial charge in [-0.3, -0.25) is 4.79 Å². The van der Waals surface area contributed by atoms with Crippen molar-refractivity contribution in [3.63, 3.8) is 0 Å². The number of aromatic nitrogens is 4. The van der Waals surface area contributed by atoms with E-state index in [-0.39, 0.29) is 45.6 Å². The molecule has 1 saturated carbocycles. The largest absolute Gasteiger partial charge is 0.480 e. The Morgan fingerprint density at radius 2 is 1.69 bits per heavy atom. The molecule has 1 aliphatic carbocycles. The van der Waals surface area contributed by atoms with Crippen molar-refractivity contribution in [2.45, 2.75) is 44.5 Å². The molecule has 3 aromatic rings. The number of anilines is 1. The van der Waals surface area contributed by atoms with Crippen LogP contribution >= 0.6 is 0 Å². The number of aliphatic carboxylic acids is 1. The van der Waals surface area contributed by atoms with Crippen molar-refractivity contribution in [3.05, 3.63) is 46.7 Å². The zero-order valence-corrected chi connectivity index (χ0v) is 27.4. The van der Waals surface area contributed by atoms with E-state index in [0.29, 0.717) is 49.1 Å². The molecule has 16 heteroatoms. The molecule has 1 aliphatic rings. The molecule has 15 nitrogen and oxygen atoms in total. The van der Waals surface area contributed by atoms with Crippen molar-refractivity contribution in [1.82, 2.24) is 25.1 Å². The number of fused-ring (bicyclic) bond motifs is 1. The number of nitrogens with one attached hydrogen (secondary N) is 2. The Kier molecular flexibility index (Phi) is 14.0. The van der Waals surface area contributed by atoms with Crippen LogP contribution in [0.2, 0.25) is 0 Å². The Balaban J connectivity index is 1.18. The molecule has 1 fully saturated rings. The predicted octanol–water partition coefficient (Wildman–Crippen LogP) is 2.71. The van der Waals surface area contributed by atoms with Gasteiger partial charge in [0.2, 0.25) is 0 Å². The standard InChI is InChI=1S/C32H42FN7O8/c1-32(2,48-13-12-46-9-8-44-6-7-45-10-11-47-21-29(41)42)27(33)20-37-31(43)25-19-35-28(15-26(25)39-24-4-5-24)40-30-23(18-38-40)14-22(16-34-3)17-36-30/h14-15,17-19,24,27H,4-13,20-21H2,1-3H3,(H2-,35,37,39,41,42,43)/p+1. The lowest BCUT2D eigenvalue weighted by Crippen LogP contribution is -2.44. The molecular weight excluding hydrogens is 629 g/mol. The summed E-state index contributed by atoms with van der Waals surface area (Å²) in [6, 6.07) is 6.73. The van der Waals surface area contributed by atoms with Crippen molar-refractivity contribution in [1.29, 1.82) is 0 Å². The number of hydrogen-bond acceptors (Lipinski definition) is 11.